The van der Waals surface area contributed by atoms with Gasteiger partial charge >= 0.3 is 0 Å². The lowest BCUT2D eigenvalue weighted by atomic mass is 10.2. The summed E-state index contributed by atoms with van der Waals surface area (Å²) in [5.74, 6) is 0. The number of non-ortho nitro benzene ring substituents is 1. The van der Waals surface area contributed by atoms with Gasteiger partial charge in [0.2, 0.25) is 0 Å². The number of rotatable bonds is 7. The molecule has 0 spiro atoms. The highest BCUT2D eigenvalue weighted by Crippen LogP contribution is 2.33. The Balaban J connectivity index is 2.13. The van der Waals surface area contributed by atoms with Gasteiger partial charge < -0.3 is 9.46 Å². The van der Waals surface area contributed by atoms with Crippen molar-refractivity contribution in [1.82, 2.24) is 0 Å². The fraction of sp³-hybridized carbons (Fsp3) is 0.143. The number of hydrogen-bond donors (Lipinski definition) is 1. The molecule has 0 aromatic heterocycles. The van der Waals surface area contributed by atoms with Gasteiger partial charge in [-0.3, -0.25) is 20.2 Å². The SMILES string of the molecule is COCc1ccc(NSc2ccc([N+](=O)[O-])cc2[N+](=O)[O-])cc1. The summed E-state index contributed by atoms with van der Waals surface area (Å²) in [5, 5.41) is 21.8. The molecule has 9 heteroatoms. The van der Waals surface area contributed by atoms with E-state index in [0.717, 1.165) is 29.3 Å². The third kappa shape index (κ3) is 4.41. The molecule has 0 radical (unpaired) electrons. The molecule has 0 fully saturated rings. The van der Waals surface area contributed by atoms with Crippen LogP contribution in [0.15, 0.2) is 47.4 Å². The first-order chi connectivity index (χ1) is 11.0. The van der Waals surface area contributed by atoms with Crippen LogP contribution in [-0.2, 0) is 11.3 Å². The van der Waals surface area contributed by atoms with Crippen molar-refractivity contribution in [3.8, 4) is 0 Å². The van der Waals surface area contributed by atoms with Gasteiger partial charge in [0, 0.05) is 18.9 Å². The molecule has 2 rings (SSSR count). The average Bonchev–Trinajstić information content (AvgIpc) is 2.54. The first kappa shape index (κ1) is 16.7. The Labute approximate surface area is 135 Å². The third-order valence-electron chi connectivity index (χ3n) is 2.89. The molecule has 0 aliphatic rings. The maximum atomic E-state index is 11.1. The Hall–Kier alpha value is -2.65. The van der Waals surface area contributed by atoms with Gasteiger partial charge in [0.25, 0.3) is 11.4 Å². The van der Waals surface area contributed by atoms with Crippen LogP contribution in [0.1, 0.15) is 5.56 Å². The quantitative estimate of drug-likeness (QED) is 0.466. The van der Waals surface area contributed by atoms with Gasteiger partial charge in [-0.25, -0.2) is 0 Å². The summed E-state index contributed by atoms with van der Waals surface area (Å²) >= 11 is 1.02. The van der Waals surface area contributed by atoms with E-state index in [4.69, 9.17) is 4.74 Å². The Kier molecular flexibility index (Phi) is 5.50. The molecule has 2 aromatic rings. The molecule has 0 atom stereocenters. The normalized spacial score (nSPS) is 10.3. The summed E-state index contributed by atoms with van der Waals surface area (Å²) < 4.78 is 7.99. The first-order valence-corrected chi connectivity index (χ1v) is 7.26. The molecule has 0 aliphatic heterocycles. The second kappa shape index (κ2) is 7.56. The topological polar surface area (TPSA) is 108 Å². The lowest BCUT2D eigenvalue weighted by Crippen LogP contribution is -1.96. The van der Waals surface area contributed by atoms with Crippen LogP contribution in [0.5, 0.6) is 0 Å². The van der Waals surface area contributed by atoms with Crippen LogP contribution in [-0.4, -0.2) is 17.0 Å². The molecule has 23 heavy (non-hydrogen) atoms. The maximum absolute atomic E-state index is 11.1. The van der Waals surface area contributed by atoms with Gasteiger partial charge in [0.05, 0.1) is 22.5 Å². The molecule has 0 heterocycles. The number of anilines is 1. The standard InChI is InChI=1S/C14H13N3O5S/c1-22-9-10-2-4-11(5-3-10)15-23-14-7-6-12(16(18)19)8-13(14)17(20)21/h2-8,15H,9H2,1H3. The van der Waals surface area contributed by atoms with Crippen molar-refractivity contribution in [1.29, 1.82) is 0 Å². The highest BCUT2D eigenvalue weighted by Gasteiger charge is 2.19. The van der Waals surface area contributed by atoms with E-state index < -0.39 is 9.85 Å². The second-order valence-electron chi connectivity index (χ2n) is 4.50. The minimum Gasteiger partial charge on any atom is -0.380 e. The fourth-order valence-corrected chi connectivity index (χ4v) is 2.54. The van der Waals surface area contributed by atoms with Crippen LogP contribution in [0.4, 0.5) is 17.1 Å². The van der Waals surface area contributed by atoms with Crippen LogP contribution in [0.25, 0.3) is 0 Å². The monoisotopic (exact) mass is 335 g/mol. The van der Waals surface area contributed by atoms with Crippen molar-refractivity contribution in [3.05, 3.63) is 68.3 Å². The van der Waals surface area contributed by atoms with Gasteiger partial charge in [-0.05, 0) is 35.7 Å². The van der Waals surface area contributed by atoms with Crippen molar-refractivity contribution >= 4 is 29.0 Å². The summed E-state index contributed by atoms with van der Waals surface area (Å²) in [7, 11) is 1.61. The molecule has 0 saturated heterocycles. The summed E-state index contributed by atoms with van der Waals surface area (Å²) in [6.45, 7) is 0.501. The van der Waals surface area contributed by atoms with E-state index in [2.05, 4.69) is 4.72 Å². The first-order valence-electron chi connectivity index (χ1n) is 6.45. The van der Waals surface area contributed by atoms with Crippen molar-refractivity contribution in [3.63, 3.8) is 0 Å². The molecule has 1 N–H and O–H groups in total. The molecule has 0 amide bonds. The molecule has 0 aliphatic carbocycles. The van der Waals surface area contributed by atoms with Gasteiger partial charge in [0.15, 0.2) is 0 Å². The van der Waals surface area contributed by atoms with Crippen LogP contribution < -0.4 is 4.72 Å². The smallest absolute Gasteiger partial charge is 0.291 e. The van der Waals surface area contributed by atoms with E-state index in [0.29, 0.717) is 11.5 Å². The summed E-state index contributed by atoms with van der Waals surface area (Å²) in [6, 6.07) is 10.9. The lowest BCUT2D eigenvalue weighted by molar-refractivity contribution is -0.396. The van der Waals surface area contributed by atoms with E-state index >= 15 is 0 Å². The summed E-state index contributed by atoms with van der Waals surface area (Å²) in [4.78, 5) is 20.7. The molecule has 2 aromatic carbocycles. The molecule has 0 bridgehead atoms. The Morgan fingerprint density at radius 1 is 1.09 bits per heavy atom. The zero-order chi connectivity index (χ0) is 16.8. The minimum atomic E-state index is -0.663. The molecule has 0 unspecified atom stereocenters. The zero-order valence-electron chi connectivity index (χ0n) is 12.1. The predicted octanol–water partition coefficient (Wildman–Crippen LogP) is 3.77. The van der Waals surface area contributed by atoms with E-state index in [1.165, 1.54) is 12.1 Å². The Morgan fingerprint density at radius 3 is 2.35 bits per heavy atom. The summed E-state index contributed by atoms with van der Waals surface area (Å²) in [5.41, 5.74) is 1.13. The second-order valence-corrected chi connectivity index (χ2v) is 5.35. The lowest BCUT2D eigenvalue weighted by Gasteiger charge is -2.07. The molecule has 0 saturated carbocycles. The van der Waals surface area contributed by atoms with Crippen molar-refractivity contribution in [2.75, 3.05) is 11.8 Å². The molecular weight excluding hydrogens is 322 g/mol. The number of methoxy groups -OCH3 is 1. The Morgan fingerprint density at radius 2 is 1.78 bits per heavy atom. The molecule has 8 nitrogen and oxygen atoms in total. The minimum absolute atomic E-state index is 0.293. The maximum Gasteiger partial charge on any atom is 0.291 e. The number of nitrogens with one attached hydrogen (secondary N) is 1. The number of nitro groups is 2. The summed E-state index contributed by atoms with van der Waals surface area (Å²) in [6.07, 6.45) is 0. The molecule has 120 valence electrons. The fourth-order valence-electron chi connectivity index (χ4n) is 1.80. The van der Waals surface area contributed by atoms with E-state index in [-0.39, 0.29) is 11.4 Å². The van der Waals surface area contributed by atoms with E-state index in [1.807, 2.05) is 24.3 Å². The van der Waals surface area contributed by atoms with Crippen LogP contribution in [0.2, 0.25) is 0 Å². The van der Waals surface area contributed by atoms with Crippen molar-refractivity contribution in [2.45, 2.75) is 11.5 Å². The number of nitrogens with zero attached hydrogens (tertiary/aromatic N) is 2. The average molecular weight is 335 g/mol. The number of ether oxygens (including phenoxy) is 1. The Bertz CT molecular complexity index is 721. The highest BCUT2D eigenvalue weighted by molar-refractivity contribution is 8.00. The van der Waals surface area contributed by atoms with Crippen molar-refractivity contribution < 1.29 is 14.6 Å². The number of hydrogen-bond acceptors (Lipinski definition) is 7. The highest BCUT2D eigenvalue weighted by atomic mass is 32.2. The van der Waals surface area contributed by atoms with Gasteiger partial charge in [0.1, 0.15) is 4.90 Å². The van der Waals surface area contributed by atoms with E-state index in [1.54, 1.807) is 7.11 Å². The third-order valence-corrected chi connectivity index (χ3v) is 3.80. The van der Waals surface area contributed by atoms with Gasteiger partial charge in [-0.1, -0.05) is 12.1 Å². The molecular formula is C14H13N3O5S. The van der Waals surface area contributed by atoms with Crippen LogP contribution in [0.3, 0.4) is 0 Å². The zero-order valence-corrected chi connectivity index (χ0v) is 12.9. The predicted molar refractivity (Wildman–Crippen MR) is 86.4 cm³/mol. The largest absolute Gasteiger partial charge is 0.380 e. The van der Waals surface area contributed by atoms with Crippen LogP contribution in [0, 0.1) is 20.2 Å². The number of nitro benzene ring substituents is 2. The number of benzene rings is 2. The van der Waals surface area contributed by atoms with E-state index in [9.17, 15) is 20.2 Å². The van der Waals surface area contributed by atoms with Gasteiger partial charge in [-0.15, -0.1) is 0 Å². The van der Waals surface area contributed by atoms with Crippen LogP contribution >= 0.6 is 11.9 Å². The van der Waals surface area contributed by atoms with Crippen molar-refractivity contribution in [2.24, 2.45) is 0 Å². The van der Waals surface area contributed by atoms with Gasteiger partial charge in [-0.2, -0.15) is 0 Å².